The first kappa shape index (κ1) is 23.4. The lowest BCUT2D eigenvalue weighted by Crippen LogP contribution is -2.32. The highest BCUT2D eigenvalue weighted by Gasteiger charge is 2.29. The summed E-state index contributed by atoms with van der Waals surface area (Å²) < 4.78 is 68.0. The van der Waals surface area contributed by atoms with Gasteiger partial charge in [0.1, 0.15) is 6.61 Å². The zero-order chi connectivity index (χ0) is 19.8. The van der Waals surface area contributed by atoms with E-state index in [1.54, 1.807) is 14.1 Å². The monoisotopic (exact) mass is 384 g/mol. The molecule has 0 spiro atoms. The van der Waals surface area contributed by atoms with Gasteiger partial charge in [-0.2, -0.15) is 17.5 Å². The van der Waals surface area contributed by atoms with Crippen LogP contribution in [0.3, 0.4) is 0 Å². The Balaban J connectivity index is 4.95. The Morgan fingerprint density at radius 3 is 2.20 bits per heavy atom. The van der Waals surface area contributed by atoms with Crippen molar-refractivity contribution in [3.05, 3.63) is 35.3 Å². The predicted octanol–water partition coefficient (Wildman–Crippen LogP) is 1.93. The lowest BCUT2D eigenvalue weighted by atomic mass is 10.2. The highest BCUT2D eigenvalue weighted by molar-refractivity contribution is 7.93. The highest BCUT2D eigenvalue weighted by atomic mass is 32.2. The summed E-state index contributed by atoms with van der Waals surface area (Å²) in [6.07, 6.45) is -2.06. The van der Waals surface area contributed by atoms with Gasteiger partial charge < -0.3 is 9.64 Å². The summed E-state index contributed by atoms with van der Waals surface area (Å²) in [5.41, 5.74) is -0.935. The number of alkyl halides is 3. The maximum absolute atomic E-state index is 12.5. The summed E-state index contributed by atoms with van der Waals surface area (Å²) in [6.45, 7) is 3.85. The van der Waals surface area contributed by atoms with Crippen LogP contribution in [0.4, 0.5) is 13.2 Å². The summed E-state index contributed by atoms with van der Waals surface area (Å²) in [4.78, 5) is 12.3. The fourth-order valence-corrected chi connectivity index (χ4v) is 2.47. The summed E-state index contributed by atoms with van der Waals surface area (Å²) in [5.74, 6) is -0.273. The number of amides is 1. The van der Waals surface area contributed by atoms with E-state index in [-0.39, 0.29) is 30.6 Å². The molecule has 0 aliphatic heterocycles. The minimum atomic E-state index is -4.54. The smallest absolute Gasteiger partial charge is 0.370 e. The zero-order valence-electron chi connectivity index (χ0n) is 14.6. The van der Waals surface area contributed by atoms with Crippen molar-refractivity contribution < 1.29 is 31.1 Å². The van der Waals surface area contributed by atoms with Crippen LogP contribution in [0.1, 0.15) is 6.92 Å². The van der Waals surface area contributed by atoms with Crippen molar-refractivity contribution in [1.29, 1.82) is 0 Å². The van der Waals surface area contributed by atoms with Gasteiger partial charge in [0.15, 0.2) is 0 Å². The van der Waals surface area contributed by atoms with E-state index in [1.165, 1.54) is 11.9 Å². The third kappa shape index (κ3) is 7.84. The number of likely N-dealkylation sites (N-methyl/N-ethyl adjacent to an activating group) is 2. The van der Waals surface area contributed by atoms with Crippen LogP contribution >= 0.6 is 0 Å². The quantitative estimate of drug-likeness (QED) is 0.450. The topological polar surface area (TPSA) is 66.9 Å². The van der Waals surface area contributed by atoms with Crippen LogP contribution < -0.4 is 0 Å². The molecule has 144 valence electrons. The normalized spacial score (nSPS) is 13.9. The molecule has 1 amide bonds. The van der Waals surface area contributed by atoms with Gasteiger partial charge in [0.05, 0.1) is 11.5 Å². The standard InChI is InChI=1S/C15H23F3N2O4S/c1-6-13(8-7-12(2)15(16,17)18)25(22,23)20(5)9-10-24-11-14(21)19(3)4/h6-8H,1,9-11H2,2-5H3/b12-7+,13-8+. The van der Waals surface area contributed by atoms with Crippen LogP contribution in [0.5, 0.6) is 0 Å². The van der Waals surface area contributed by atoms with Gasteiger partial charge in [0.25, 0.3) is 0 Å². The van der Waals surface area contributed by atoms with E-state index >= 15 is 0 Å². The van der Waals surface area contributed by atoms with Gasteiger partial charge in [-0.15, -0.1) is 0 Å². The molecular formula is C15H23F3N2O4S. The van der Waals surface area contributed by atoms with Crippen LogP contribution in [0, 0.1) is 0 Å². The van der Waals surface area contributed by atoms with Crippen molar-refractivity contribution in [1.82, 2.24) is 9.21 Å². The lowest BCUT2D eigenvalue weighted by Gasteiger charge is -2.18. The number of carbonyl (C=O) groups excluding carboxylic acids is 1. The van der Waals surface area contributed by atoms with Crippen molar-refractivity contribution in [2.24, 2.45) is 0 Å². The molecule has 6 nitrogen and oxygen atoms in total. The van der Waals surface area contributed by atoms with Gasteiger partial charge in [-0.05, 0) is 19.1 Å². The van der Waals surface area contributed by atoms with Crippen LogP contribution in [0.25, 0.3) is 0 Å². The second-order valence-electron chi connectivity index (χ2n) is 5.29. The van der Waals surface area contributed by atoms with Crippen molar-refractivity contribution in [2.75, 3.05) is 40.9 Å². The zero-order valence-corrected chi connectivity index (χ0v) is 15.4. The second-order valence-corrected chi connectivity index (χ2v) is 7.33. The molecule has 0 rings (SSSR count). The molecule has 10 heteroatoms. The summed E-state index contributed by atoms with van der Waals surface area (Å²) >= 11 is 0. The molecule has 0 aromatic rings. The molecule has 0 saturated carbocycles. The molecule has 0 aromatic heterocycles. The number of nitrogens with zero attached hydrogens (tertiary/aromatic N) is 2. The molecule has 0 N–H and O–H groups in total. The molecule has 0 unspecified atom stereocenters. The first-order valence-corrected chi connectivity index (χ1v) is 8.60. The molecule has 0 radical (unpaired) electrons. The van der Waals surface area contributed by atoms with Crippen molar-refractivity contribution in [2.45, 2.75) is 13.1 Å². The van der Waals surface area contributed by atoms with E-state index in [1.807, 2.05) is 0 Å². The molecule has 0 aliphatic carbocycles. The molecule has 0 fully saturated rings. The Hall–Kier alpha value is -1.65. The number of halogens is 3. The number of sulfonamides is 1. The number of hydrogen-bond donors (Lipinski definition) is 0. The Morgan fingerprint density at radius 1 is 1.20 bits per heavy atom. The number of rotatable bonds is 9. The first-order chi connectivity index (χ1) is 11.3. The average molecular weight is 384 g/mol. The fourth-order valence-electron chi connectivity index (χ4n) is 1.34. The maximum Gasteiger partial charge on any atom is 0.412 e. The number of allylic oxidation sites excluding steroid dienone is 4. The second kappa shape index (κ2) is 9.73. The number of carbonyl (C=O) groups is 1. The third-order valence-corrected chi connectivity index (χ3v) is 5.03. The average Bonchev–Trinajstić information content (AvgIpc) is 2.49. The molecule has 0 aliphatic rings. The molecule has 0 saturated heterocycles. The summed E-state index contributed by atoms with van der Waals surface area (Å²) in [5, 5.41) is 0. The van der Waals surface area contributed by atoms with Gasteiger partial charge in [0, 0.05) is 33.3 Å². The van der Waals surface area contributed by atoms with Crippen LogP contribution in [0.2, 0.25) is 0 Å². The van der Waals surface area contributed by atoms with Crippen molar-refractivity contribution >= 4 is 15.9 Å². The maximum atomic E-state index is 12.5. The van der Waals surface area contributed by atoms with Gasteiger partial charge >= 0.3 is 6.18 Å². The SMILES string of the molecule is C=C/C(=C\C=C(/C)C(F)(F)F)S(=O)(=O)N(C)CCOCC(=O)N(C)C. The van der Waals surface area contributed by atoms with Gasteiger partial charge in [-0.25, -0.2) is 8.42 Å². The minimum absolute atomic E-state index is 0.0445. The predicted molar refractivity (Wildman–Crippen MR) is 89.2 cm³/mol. The molecule has 0 aromatic carbocycles. The summed E-state index contributed by atoms with van der Waals surface area (Å²) in [6, 6.07) is 0. The Labute approximate surface area is 146 Å². The number of ether oxygens (including phenoxy) is 1. The Morgan fingerprint density at radius 2 is 1.76 bits per heavy atom. The van der Waals surface area contributed by atoms with E-state index < -0.39 is 21.8 Å². The molecule has 0 heterocycles. The molecule has 25 heavy (non-hydrogen) atoms. The third-order valence-electron chi connectivity index (χ3n) is 3.13. The highest BCUT2D eigenvalue weighted by Crippen LogP contribution is 2.25. The fraction of sp³-hybridized carbons (Fsp3) is 0.533. The van der Waals surface area contributed by atoms with E-state index in [0.717, 1.165) is 23.4 Å². The van der Waals surface area contributed by atoms with E-state index in [0.29, 0.717) is 6.08 Å². The van der Waals surface area contributed by atoms with Gasteiger partial charge in [-0.3, -0.25) is 4.79 Å². The van der Waals surface area contributed by atoms with Gasteiger partial charge in [0.2, 0.25) is 15.9 Å². The van der Waals surface area contributed by atoms with Crippen LogP contribution in [-0.2, 0) is 19.6 Å². The Kier molecular flexibility index (Phi) is 9.09. The van der Waals surface area contributed by atoms with Gasteiger partial charge in [-0.1, -0.05) is 12.7 Å². The minimum Gasteiger partial charge on any atom is -0.370 e. The van der Waals surface area contributed by atoms with Crippen molar-refractivity contribution in [3.63, 3.8) is 0 Å². The van der Waals surface area contributed by atoms with Crippen LogP contribution in [-0.4, -0.2) is 70.6 Å². The molecule has 0 atom stereocenters. The van der Waals surface area contributed by atoms with E-state index in [2.05, 4.69) is 6.58 Å². The van der Waals surface area contributed by atoms with E-state index in [4.69, 9.17) is 4.74 Å². The Bertz CT molecular complexity index is 638. The molecular weight excluding hydrogens is 361 g/mol. The largest absolute Gasteiger partial charge is 0.412 e. The van der Waals surface area contributed by atoms with E-state index in [9.17, 15) is 26.4 Å². The lowest BCUT2D eigenvalue weighted by molar-refractivity contribution is -0.133. The number of hydrogen-bond acceptors (Lipinski definition) is 4. The van der Waals surface area contributed by atoms with Crippen molar-refractivity contribution in [3.8, 4) is 0 Å². The first-order valence-electron chi connectivity index (χ1n) is 7.16. The summed E-state index contributed by atoms with van der Waals surface area (Å²) in [7, 11) is 0.345. The molecule has 0 bridgehead atoms. The van der Waals surface area contributed by atoms with Crippen LogP contribution in [0.15, 0.2) is 35.3 Å².